The zero-order valence-electron chi connectivity index (χ0n) is 13.1. The number of halogens is 2. The number of ether oxygens (including phenoxy) is 1. The molecule has 4 rings (SSSR count). The molecule has 24 heavy (non-hydrogen) atoms. The number of benzene rings is 2. The molecule has 0 saturated heterocycles. The van der Waals surface area contributed by atoms with Crippen molar-refractivity contribution in [3.8, 4) is 11.5 Å². The second kappa shape index (κ2) is 5.30. The standard InChI is InChI=1S/C18H16Cl2N2O2/c1-9-5-14-11(18(3-2-4-18)17(23)22-14)8-15(9)24-16-12(19)6-10(21)7-13(16)20/h5-8H,2-4,21H2,1H3,(H,22,23). The van der Waals surface area contributed by atoms with Gasteiger partial charge in [-0.05, 0) is 55.2 Å². The van der Waals surface area contributed by atoms with Gasteiger partial charge in [0.1, 0.15) is 5.75 Å². The van der Waals surface area contributed by atoms with Crippen LogP contribution in [0, 0.1) is 6.92 Å². The third-order valence-corrected chi connectivity index (χ3v) is 5.51. The minimum atomic E-state index is -0.393. The Hall–Kier alpha value is -1.91. The van der Waals surface area contributed by atoms with Crippen molar-refractivity contribution in [3.63, 3.8) is 0 Å². The minimum absolute atomic E-state index is 0.0869. The van der Waals surface area contributed by atoms with E-state index in [0.717, 1.165) is 36.1 Å². The smallest absolute Gasteiger partial charge is 0.235 e. The Bertz CT molecular complexity index is 853. The summed E-state index contributed by atoms with van der Waals surface area (Å²) in [4.78, 5) is 12.4. The molecule has 1 spiro atoms. The lowest BCUT2D eigenvalue weighted by Gasteiger charge is -2.36. The second-order valence-corrected chi connectivity index (χ2v) is 7.28. The first kappa shape index (κ1) is 15.6. The van der Waals surface area contributed by atoms with Crippen molar-refractivity contribution in [2.75, 3.05) is 11.1 Å². The minimum Gasteiger partial charge on any atom is -0.454 e. The Kier molecular flexibility index (Phi) is 3.44. The summed E-state index contributed by atoms with van der Waals surface area (Å²) in [6.07, 6.45) is 2.81. The van der Waals surface area contributed by atoms with Crippen LogP contribution in [-0.2, 0) is 10.2 Å². The number of anilines is 2. The lowest BCUT2D eigenvalue weighted by Crippen LogP contribution is -2.40. The van der Waals surface area contributed by atoms with Gasteiger partial charge in [-0.3, -0.25) is 4.79 Å². The highest BCUT2D eigenvalue weighted by molar-refractivity contribution is 6.37. The molecule has 2 aliphatic rings. The highest BCUT2D eigenvalue weighted by atomic mass is 35.5. The SMILES string of the molecule is Cc1cc2c(cc1Oc1c(Cl)cc(N)cc1Cl)C1(CCC1)C(=O)N2. The molecule has 0 atom stereocenters. The maximum absolute atomic E-state index is 12.4. The van der Waals surface area contributed by atoms with Crippen molar-refractivity contribution in [3.05, 3.63) is 45.4 Å². The molecule has 2 aromatic carbocycles. The normalized spacial score (nSPS) is 17.4. The van der Waals surface area contributed by atoms with Crippen LogP contribution in [0.15, 0.2) is 24.3 Å². The summed E-state index contributed by atoms with van der Waals surface area (Å²) in [5, 5.41) is 3.70. The Morgan fingerprint density at radius 1 is 1.17 bits per heavy atom. The largest absolute Gasteiger partial charge is 0.454 e. The van der Waals surface area contributed by atoms with Crippen LogP contribution in [0.1, 0.15) is 30.4 Å². The van der Waals surface area contributed by atoms with Crippen LogP contribution in [0.4, 0.5) is 11.4 Å². The van der Waals surface area contributed by atoms with Gasteiger partial charge in [0.25, 0.3) is 0 Å². The summed E-state index contributed by atoms with van der Waals surface area (Å²) in [5.74, 6) is 1.10. The van der Waals surface area contributed by atoms with Crippen LogP contribution in [0.5, 0.6) is 11.5 Å². The number of nitrogens with two attached hydrogens (primary N) is 1. The van der Waals surface area contributed by atoms with E-state index in [1.54, 1.807) is 12.1 Å². The Morgan fingerprint density at radius 2 is 1.83 bits per heavy atom. The second-order valence-electron chi connectivity index (χ2n) is 6.47. The Morgan fingerprint density at radius 3 is 2.42 bits per heavy atom. The molecule has 4 nitrogen and oxygen atoms in total. The third-order valence-electron chi connectivity index (χ3n) is 4.95. The number of nitrogens with one attached hydrogen (secondary N) is 1. The van der Waals surface area contributed by atoms with Crippen molar-refractivity contribution in [2.45, 2.75) is 31.6 Å². The summed E-state index contributed by atoms with van der Waals surface area (Å²) in [6, 6.07) is 7.08. The lowest BCUT2D eigenvalue weighted by molar-refractivity contribution is -0.123. The van der Waals surface area contributed by atoms with Crippen molar-refractivity contribution in [1.82, 2.24) is 0 Å². The van der Waals surface area contributed by atoms with Gasteiger partial charge in [-0.2, -0.15) is 0 Å². The predicted octanol–water partition coefficient (Wildman–Crippen LogP) is 5.05. The molecule has 0 bridgehead atoms. The van der Waals surface area contributed by atoms with E-state index in [2.05, 4.69) is 5.32 Å². The molecular weight excluding hydrogens is 347 g/mol. The van der Waals surface area contributed by atoms with Gasteiger partial charge in [-0.25, -0.2) is 0 Å². The van der Waals surface area contributed by atoms with E-state index in [9.17, 15) is 4.79 Å². The quantitative estimate of drug-likeness (QED) is 0.734. The summed E-state index contributed by atoms with van der Waals surface area (Å²) < 4.78 is 5.99. The molecule has 1 saturated carbocycles. The van der Waals surface area contributed by atoms with E-state index in [1.807, 2.05) is 19.1 Å². The monoisotopic (exact) mass is 362 g/mol. The van der Waals surface area contributed by atoms with Gasteiger partial charge in [0.2, 0.25) is 5.91 Å². The van der Waals surface area contributed by atoms with E-state index < -0.39 is 5.41 Å². The van der Waals surface area contributed by atoms with Crippen LogP contribution < -0.4 is 15.8 Å². The number of fused-ring (bicyclic) bond motifs is 2. The van der Waals surface area contributed by atoms with Gasteiger partial charge < -0.3 is 15.8 Å². The fraction of sp³-hybridized carbons (Fsp3) is 0.278. The Labute approximate surface area is 149 Å². The molecule has 124 valence electrons. The van der Waals surface area contributed by atoms with Crippen molar-refractivity contribution < 1.29 is 9.53 Å². The third kappa shape index (κ3) is 2.17. The molecule has 2 aromatic rings. The zero-order valence-corrected chi connectivity index (χ0v) is 14.6. The number of carbonyl (C=O) groups excluding carboxylic acids is 1. The molecule has 0 radical (unpaired) electrons. The number of hydrogen-bond donors (Lipinski definition) is 2. The maximum Gasteiger partial charge on any atom is 0.235 e. The van der Waals surface area contributed by atoms with E-state index in [-0.39, 0.29) is 5.91 Å². The molecule has 1 heterocycles. The average molecular weight is 363 g/mol. The average Bonchev–Trinajstić information content (AvgIpc) is 2.73. The molecule has 0 aromatic heterocycles. The van der Waals surface area contributed by atoms with Crippen LogP contribution in [0.25, 0.3) is 0 Å². The van der Waals surface area contributed by atoms with Gasteiger partial charge in [-0.15, -0.1) is 0 Å². The van der Waals surface area contributed by atoms with Crippen LogP contribution in [0.2, 0.25) is 10.0 Å². The van der Waals surface area contributed by atoms with E-state index in [0.29, 0.717) is 27.2 Å². The maximum atomic E-state index is 12.4. The molecule has 1 aliphatic carbocycles. The molecule has 1 aliphatic heterocycles. The first-order chi connectivity index (χ1) is 11.4. The Balaban J connectivity index is 1.77. The number of rotatable bonds is 2. The lowest BCUT2D eigenvalue weighted by atomic mass is 9.65. The fourth-order valence-corrected chi connectivity index (χ4v) is 4.06. The topological polar surface area (TPSA) is 64.3 Å². The number of hydrogen-bond acceptors (Lipinski definition) is 3. The molecule has 3 N–H and O–H groups in total. The zero-order chi connectivity index (χ0) is 17.1. The first-order valence-corrected chi connectivity index (χ1v) is 8.55. The van der Waals surface area contributed by atoms with Gasteiger partial charge >= 0.3 is 0 Å². The molecular formula is C18H16Cl2N2O2. The highest BCUT2D eigenvalue weighted by Gasteiger charge is 2.51. The van der Waals surface area contributed by atoms with Crippen LogP contribution >= 0.6 is 23.2 Å². The predicted molar refractivity (Wildman–Crippen MR) is 96.3 cm³/mol. The van der Waals surface area contributed by atoms with E-state index >= 15 is 0 Å². The van der Waals surface area contributed by atoms with Gasteiger partial charge in [0.15, 0.2) is 5.75 Å². The fourth-order valence-electron chi connectivity index (χ4n) is 3.48. The summed E-state index contributed by atoms with van der Waals surface area (Å²) >= 11 is 12.4. The van der Waals surface area contributed by atoms with Gasteiger partial charge in [-0.1, -0.05) is 29.6 Å². The van der Waals surface area contributed by atoms with Crippen LogP contribution in [0.3, 0.4) is 0 Å². The molecule has 0 unspecified atom stereocenters. The summed E-state index contributed by atoms with van der Waals surface area (Å²) in [6.45, 7) is 1.92. The van der Waals surface area contributed by atoms with Gasteiger partial charge in [0, 0.05) is 11.4 Å². The number of amides is 1. The van der Waals surface area contributed by atoms with Crippen LogP contribution in [-0.4, -0.2) is 5.91 Å². The van der Waals surface area contributed by atoms with E-state index in [4.69, 9.17) is 33.7 Å². The summed E-state index contributed by atoms with van der Waals surface area (Å²) in [5.41, 5.74) is 8.59. The van der Waals surface area contributed by atoms with Crippen molar-refractivity contribution in [2.24, 2.45) is 0 Å². The molecule has 6 heteroatoms. The number of carbonyl (C=O) groups is 1. The molecule has 1 fully saturated rings. The number of nitrogen functional groups attached to an aromatic ring is 1. The summed E-state index contributed by atoms with van der Waals surface area (Å²) in [7, 11) is 0. The molecule has 1 amide bonds. The van der Waals surface area contributed by atoms with E-state index in [1.165, 1.54) is 0 Å². The van der Waals surface area contributed by atoms with Crippen molar-refractivity contribution in [1.29, 1.82) is 0 Å². The van der Waals surface area contributed by atoms with Crippen molar-refractivity contribution >= 4 is 40.5 Å². The highest BCUT2D eigenvalue weighted by Crippen LogP contribution is 2.53. The number of aryl methyl sites for hydroxylation is 1. The van der Waals surface area contributed by atoms with Gasteiger partial charge in [0.05, 0.1) is 15.5 Å². The first-order valence-electron chi connectivity index (χ1n) is 7.80.